The third-order valence-electron chi connectivity index (χ3n) is 4.34. The van der Waals surface area contributed by atoms with Crippen LogP contribution < -0.4 is 0 Å². The van der Waals surface area contributed by atoms with Crippen molar-refractivity contribution in [3.63, 3.8) is 0 Å². The lowest BCUT2D eigenvalue weighted by atomic mass is 9.92. The van der Waals surface area contributed by atoms with E-state index in [2.05, 4.69) is 38.5 Å². The van der Waals surface area contributed by atoms with Crippen molar-refractivity contribution in [1.29, 1.82) is 0 Å². The molecule has 0 bridgehead atoms. The SMILES string of the molecule is C[C@@H]1C[C@@H](C)CN(CCSc2nnc(-c3cccnc3)n2C)C1. The van der Waals surface area contributed by atoms with Crippen LogP contribution in [0.25, 0.3) is 11.4 Å². The molecule has 3 heterocycles. The number of hydrogen-bond acceptors (Lipinski definition) is 5. The van der Waals surface area contributed by atoms with Crippen molar-refractivity contribution in [1.82, 2.24) is 24.6 Å². The van der Waals surface area contributed by atoms with Crippen molar-refractivity contribution < 1.29 is 0 Å². The zero-order valence-electron chi connectivity index (χ0n) is 14.1. The Bertz CT molecular complexity index is 617. The van der Waals surface area contributed by atoms with Gasteiger partial charge in [-0.1, -0.05) is 25.6 Å². The van der Waals surface area contributed by atoms with Crippen LogP contribution in [0, 0.1) is 11.8 Å². The Labute approximate surface area is 142 Å². The summed E-state index contributed by atoms with van der Waals surface area (Å²) in [6.07, 6.45) is 4.96. The molecular formula is C17H25N5S. The maximum Gasteiger partial charge on any atom is 0.191 e. The first-order valence-electron chi connectivity index (χ1n) is 8.28. The lowest BCUT2D eigenvalue weighted by molar-refractivity contribution is 0.149. The molecule has 3 rings (SSSR count). The predicted octanol–water partition coefficient (Wildman–Crippen LogP) is 2.95. The van der Waals surface area contributed by atoms with Crippen LogP contribution in [-0.2, 0) is 7.05 Å². The maximum absolute atomic E-state index is 4.33. The largest absolute Gasteiger partial charge is 0.305 e. The molecule has 0 aliphatic carbocycles. The second kappa shape index (κ2) is 7.45. The van der Waals surface area contributed by atoms with Gasteiger partial charge in [-0.15, -0.1) is 10.2 Å². The number of piperidine rings is 1. The van der Waals surface area contributed by atoms with Crippen molar-refractivity contribution >= 4 is 11.8 Å². The lowest BCUT2D eigenvalue weighted by Crippen LogP contribution is -2.39. The molecule has 0 unspecified atom stereocenters. The Balaban J connectivity index is 1.56. The second-order valence-corrected chi connectivity index (χ2v) is 7.72. The first kappa shape index (κ1) is 16.5. The first-order chi connectivity index (χ1) is 11.1. The van der Waals surface area contributed by atoms with E-state index >= 15 is 0 Å². The third kappa shape index (κ3) is 4.12. The van der Waals surface area contributed by atoms with Crippen LogP contribution in [0.3, 0.4) is 0 Å². The summed E-state index contributed by atoms with van der Waals surface area (Å²) >= 11 is 1.79. The molecule has 23 heavy (non-hydrogen) atoms. The van der Waals surface area contributed by atoms with Gasteiger partial charge in [0.05, 0.1) is 0 Å². The molecule has 0 spiro atoms. The van der Waals surface area contributed by atoms with Gasteiger partial charge in [-0.25, -0.2) is 0 Å². The summed E-state index contributed by atoms with van der Waals surface area (Å²) < 4.78 is 2.06. The van der Waals surface area contributed by atoms with Gasteiger partial charge in [0.25, 0.3) is 0 Å². The minimum Gasteiger partial charge on any atom is -0.305 e. The molecule has 2 atom stereocenters. The van der Waals surface area contributed by atoms with Crippen LogP contribution >= 0.6 is 11.8 Å². The van der Waals surface area contributed by atoms with Gasteiger partial charge in [-0.05, 0) is 30.4 Å². The van der Waals surface area contributed by atoms with Crippen molar-refractivity contribution in [3.05, 3.63) is 24.5 Å². The summed E-state index contributed by atoms with van der Waals surface area (Å²) in [7, 11) is 2.02. The molecule has 0 N–H and O–H groups in total. The normalized spacial score (nSPS) is 22.4. The zero-order chi connectivity index (χ0) is 16.2. The van der Waals surface area contributed by atoms with Gasteiger partial charge in [0, 0.05) is 50.4 Å². The third-order valence-corrected chi connectivity index (χ3v) is 5.34. The zero-order valence-corrected chi connectivity index (χ0v) is 15.0. The lowest BCUT2D eigenvalue weighted by Gasteiger charge is -2.34. The van der Waals surface area contributed by atoms with Gasteiger partial charge < -0.3 is 9.47 Å². The predicted molar refractivity (Wildman–Crippen MR) is 94.3 cm³/mol. The second-order valence-electron chi connectivity index (χ2n) is 6.66. The van der Waals surface area contributed by atoms with E-state index in [9.17, 15) is 0 Å². The van der Waals surface area contributed by atoms with E-state index < -0.39 is 0 Å². The molecular weight excluding hydrogens is 306 g/mol. The van der Waals surface area contributed by atoms with Crippen LogP contribution in [0.5, 0.6) is 0 Å². The maximum atomic E-state index is 4.33. The average Bonchev–Trinajstić information content (AvgIpc) is 2.88. The van der Waals surface area contributed by atoms with Crippen molar-refractivity contribution in [3.8, 4) is 11.4 Å². The van der Waals surface area contributed by atoms with E-state index in [1.165, 1.54) is 19.5 Å². The summed E-state index contributed by atoms with van der Waals surface area (Å²) in [5.41, 5.74) is 1.01. The summed E-state index contributed by atoms with van der Waals surface area (Å²) in [5.74, 6) is 3.56. The molecule has 1 aliphatic rings. The molecule has 124 valence electrons. The quantitative estimate of drug-likeness (QED) is 0.788. The summed E-state index contributed by atoms with van der Waals surface area (Å²) in [4.78, 5) is 6.74. The Morgan fingerprint density at radius 1 is 1.22 bits per heavy atom. The topological polar surface area (TPSA) is 46.8 Å². The number of thioether (sulfide) groups is 1. The molecule has 0 aromatic carbocycles. The summed E-state index contributed by atoms with van der Waals surface area (Å²) in [6.45, 7) is 8.29. The van der Waals surface area contributed by atoms with Gasteiger partial charge in [0.15, 0.2) is 11.0 Å². The molecule has 1 fully saturated rings. The van der Waals surface area contributed by atoms with Gasteiger partial charge in [0.2, 0.25) is 0 Å². The highest BCUT2D eigenvalue weighted by atomic mass is 32.2. The average molecular weight is 331 g/mol. The first-order valence-corrected chi connectivity index (χ1v) is 9.27. The Hall–Kier alpha value is -1.40. The number of likely N-dealkylation sites (tertiary alicyclic amines) is 1. The van der Waals surface area contributed by atoms with E-state index in [4.69, 9.17) is 0 Å². The van der Waals surface area contributed by atoms with Crippen molar-refractivity contribution in [2.24, 2.45) is 18.9 Å². The summed E-state index contributed by atoms with van der Waals surface area (Å²) in [6, 6.07) is 3.94. The molecule has 0 radical (unpaired) electrons. The highest BCUT2D eigenvalue weighted by Gasteiger charge is 2.21. The van der Waals surface area contributed by atoms with Gasteiger partial charge in [-0.2, -0.15) is 0 Å². The molecule has 1 saturated heterocycles. The molecule has 6 heteroatoms. The number of aromatic nitrogens is 4. The fraction of sp³-hybridized carbons (Fsp3) is 0.588. The van der Waals surface area contributed by atoms with Crippen LogP contribution in [-0.4, -0.2) is 50.0 Å². The van der Waals surface area contributed by atoms with Gasteiger partial charge in [-0.3, -0.25) is 4.98 Å². The van der Waals surface area contributed by atoms with Crippen LogP contribution in [0.1, 0.15) is 20.3 Å². The smallest absolute Gasteiger partial charge is 0.191 e. The highest BCUT2D eigenvalue weighted by Crippen LogP contribution is 2.24. The molecule has 2 aromatic heterocycles. The number of rotatable bonds is 5. The van der Waals surface area contributed by atoms with E-state index in [0.717, 1.165) is 40.7 Å². The van der Waals surface area contributed by atoms with E-state index in [0.29, 0.717) is 0 Å². The number of pyridine rings is 1. The molecule has 2 aromatic rings. The van der Waals surface area contributed by atoms with E-state index in [1.54, 1.807) is 18.0 Å². The molecule has 5 nitrogen and oxygen atoms in total. The summed E-state index contributed by atoms with van der Waals surface area (Å²) in [5, 5.41) is 9.62. The Morgan fingerprint density at radius 2 is 2.00 bits per heavy atom. The van der Waals surface area contributed by atoms with Gasteiger partial charge >= 0.3 is 0 Å². The minimum atomic E-state index is 0.816. The fourth-order valence-electron chi connectivity index (χ4n) is 3.43. The fourth-order valence-corrected chi connectivity index (χ4v) is 4.34. The van der Waals surface area contributed by atoms with Crippen LogP contribution in [0.15, 0.2) is 29.7 Å². The number of hydrogen-bond donors (Lipinski definition) is 0. The monoisotopic (exact) mass is 331 g/mol. The Kier molecular flexibility index (Phi) is 5.33. The Morgan fingerprint density at radius 3 is 2.70 bits per heavy atom. The van der Waals surface area contributed by atoms with E-state index in [-0.39, 0.29) is 0 Å². The molecule has 0 amide bonds. The van der Waals surface area contributed by atoms with Gasteiger partial charge in [0.1, 0.15) is 0 Å². The van der Waals surface area contributed by atoms with Crippen molar-refractivity contribution in [2.75, 3.05) is 25.4 Å². The molecule has 0 saturated carbocycles. The molecule has 1 aliphatic heterocycles. The number of nitrogens with zero attached hydrogens (tertiary/aromatic N) is 5. The van der Waals surface area contributed by atoms with Crippen LogP contribution in [0.2, 0.25) is 0 Å². The standard InChI is InChI=1S/C17H25N5S/c1-13-9-14(2)12-22(11-13)7-8-23-17-20-19-16(21(17)3)15-5-4-6-18-10-15/h4-6,10,13-14H,7-9,11-12H2,1-3H3/t13-,14-/m1/s1. The minimum absolute atomic E-state index is 0.816. The van der Waals surface area contributed by atoms with E-state index in [1.807, 2.05) is 25.4 Å². The highest BCUT2D eigenvalue weighted by molar-refractivity contribution is 7.99. The van der Waals surface area contributed by atoms with Crippen molar-refractivity contribution in [2.45, 2.75) is 25.4 Å². The van der Waals surface area contributed by atoms with Crippen LogP contribution in [0.4, 0.5) is 0 Å².